The zero-order valence-corrected chi connectivity index (χ0v) is 20.9. The van der Waals surface area contributed by atoms with Gasteiger partial charge in [0.25, 0.3) is 0 Å². The number of nitrogens with zero attached hydrogens (tertiary/aromatic N) is 2. The van der Waals surface area contributed by atoms with Crippen LogP contribution in [-0.2, 0) is 22.6 Å². The molecule has 1 unspecified atom stereocenters. The molecular formula is C24H35IN4O2. The number of benzene rings is 2. The average molecular weight is 538 g/mol. The van der Waals surface area contributed by atoms with Gasteiger partial charge in [-0.05, 0) is 23.6 Å². The van der Waals surface area contributed by atoms with Crippen LogP contribution in [-0.4, -0.2) is 57.4 Å². The summed E-state index contributed by atoms with van der Waals surface area (Å²) in [4.78, 5) is 7.28. The van der Waals surface area contributed by atoms with E-state index in [0.717, 1.165) is 50.9 Å². The van der Waals surface area contributed by atoms with Gasteiger partial charge in [0.2, 0.25) is 0 Å². The molecule has 1 atom stereocenters. The number of nitrogens with one attached hydrogen (secondary N) is 2. The van der Waals surface area contributed by atoms with Gasteiger partial charge >= 0.3 is 0 Å². The molecule has 6 nitrogen and oxygen atoms in total. The third-order valence-corrected chi connectivity index (χ3v) is 5.28. The molecule has 170 valence electrons. The van der Waals surface area contributed by atoms with E-state index >= 15 is 0 Å². The second-order valence-electron chi connectivity index (χ2n) is 7.37. The van der Waals surface area contributed by atoms with Crippen molar-refractivity contribution in [3.8, 4) is 0 Å². The van der Waals surface area contributed by atoms with Crippen LogP contribution in [0.2, 0.25) is 0 Å². The maximum atomic E-state index is 5.67. The fourth-order valence-corrected chi connectivity index (χ4v) is 3.57. The molecule has 1 aliphatic rings. The van der Waals surface area contributed by atoms with E-state index < -0.39 is 0 Å². The van der Waals surface area contributed by atoms with Gasteiger partial charge in [-0.1, -0.05) is 54.6 Å². The van der Waals surface area contributed by atoms with Gasteiger partial charge in [0.05, 0.1) is 25.9 Å². The van der Waals surface area contributed by atoms with Gasteiger partial charge in [-0.2, -0.15) is 0 Å². The van der Waals surface area contributed by atoms with Crippen LogP contribution in [0.5, 0.6) is 0 Å². The molecule has 0 spiro atoms. The SMILES string of the molecule is CCNC(=NCc1ccccc1CN1CCOCC1)NCC(OC)c1ccccc1.I. The minimum absolute atomic E-state index is 0. The maximum absolute atomic E-state index is 5.67. The highest BCUT2D eigenvalue weighted by Crippen LogP contribution is 2.16. The van der Waals surface area contributed by atoms with Gasteiger partial charge < -0.3 is 20.1 Å². The van der Waals surface area contributed by atoms with Gasteiger partial charge in [-0.15, -0.1) is 24.0 Å². The van der Waals surface area contributed by atoms with Gasteiger partial charge in [0, 0.05) is 39.8 Å². The Kier molecular flexibility index (Phi) is 11.9. The molecule has 2 aromatic carbocycles. The van der Waals surface area contributed by atoms with E-state index in [4.69, 9.17) is 14.5 Å². The molecule has 1 aliphatic heterocycles. The molecular weight excluding hydrogens is 503 g/mol. The van der Waals surface area contributed by atoms with Gasteiger partial charge in [-0.25, -0.2) is 4.99 Å². The molecule has 2 N–H and O–H groups in total. The van der Waals surface area contributed by atoms with Crippen molar-refractivity contribution in [3.63, 3.8) is 0 Å². The van der Waals surface area contributed by atoms with Gasteiger partial charge in [-0.3, -0.25) is 4.90 Å². The van der Waals surface area contributed by atoms with E-state index in [1.165, 1.54) is 11.1 Å². The van der Waals surface area contributed by atoms with Crippen LogP contribution in [0.25, 0.3) is 0 Å². The summed E-state index contributed by atoms with van der Waals surface area (Å²) < 4.78 is 11.1. The fourth-order valence-electron chi connectivity index (χ4n) is 3.57. The summed E-state index contributed by atoms with van der Waals surface area (Å²) in [6, 6.07) is 18.8. The number of rotatable bonds is 9. The predicted molar refractivity (Wildman–Crippen MR) is 137 cm³/mol. The lowest BCUT2D eigenvalue weighted by Gasteiger charge is -2.27. The minimum atomic E-state index is -0.0244. The summed E-state index contributed by atoms with van der Waals surface area (Å²) in [6.07, 6.45) is -0.0244. The molecule has 0 bridgehead atoms. The number of halogens is 1. The maximum Gasteiger partial charge on any atom is 0.191 e. The number of hydrogen-bond donors (Lipinski definition) is 2. The molecule has 1 heterocycles. The van der Waals surface area contributed by atoms with E-state index in [9.17, 15) is 0 Å². The topological polar surface area (TPSA) is 58.1 Å². The minimum Gasteiger partial charge on any atom is -0.379 e. The number of hydrogen-bond acceptors (Lipinski definition) is 4. The van der Waals surface area contributed by atoms with Crippen molar-refractivity contribution in [1.29, 1.82) is 0 Å². The Morgan fingerprint density at radius 3 is 2.39 bits per heavy atom. The normalized spacial score (nSPS) is 15.7. The van der Waals surface area contributed by atoms with Crippen LogP contribution in [0, 0.1) is 0 Å². The Hall–Kier alpha value is -1.68. The Bertz CT molecular complexity index is 782. The van der Waals surface area contributed by atoms with Crippen molar-refractivity contribution in [1.82, 2.24) is 15.5 Å². The van der Waals surface area contributed by atoms with Crippen molar-refractivity contribution in [2.24, 2.45) is 4.99 Å². The summed E-state index contributed by atoms with van der Waals surface area (Å²) in [5, 5.41) is 6.77. The summed E-state index contributed by atoms with van der Waals surface area (Å²) >= 11 is 0. The zero-order chi connectivity index (χ0) is 21.0. The molecule has 0 aromatic heterocycles. The van der Waals surface area contributed by atoms with Gasteiger partial charge in [0.15, 0.2) is 5.96 Å². The second-order valence-corrected chi connectivity index (χ2v) is 7.37. The molecule has 1 fully saturated rings. The molecule has 0 amide bonds. The summed E-state index contributed by atoms with van der Waals surface area (Å²) in [7, 11) is 1.74. The van der Waals surface area contributed by atoms with E-state index in [0.29, 0.717) is 13.1 Å². The first-order valence-corrected chi connectivity index (χ1v) is 10.8. The first kappa shape index (κ1) is 25.6. The summed E-state index contributed by atoms with van der Waals surface area (Å²) in [5.74, 6) is 0.802. The van der Waals surface area contributed by atoms with Crippen LogP contribution >= 0.6 is 24.0 Å². The Morgan fingerprint density at radius 1 is 1.03 bits per heavy atom. The van der Waals surface area contributed by atoms with Crippen molar-refractivity contribution in [2.45, 2.75) is 26.1 Å². The number of guanidine groups is 1. The third-order valence-electron chi connectivity index (χ3n) is 5.28. The predicted octanol–water partition coefficient (Wildman–Crippen LogP) is 3.58. The molecule has 0 radical (unpaired) electrons. The smallest absolute Gasteiger partial charge is 0.191 e. The largest absolute Gasteiger partial charge is 0.379 e. The molecule has 0 saturated carbocycles. The standard InChI is InChI=1S/C24H34N4O2.HI/c1-3-25-24(27-18-23(29-2)20-9-5-4-6-10-20)26-17-21-11-7-8-12-22(21)19-28-13-15-30-16-14-28;/h4-12,23H,3,13-19H2,1-2H3,(H2,25,26,27);1H. The first-order valence-electron chi connectivity index (χ1n) is 10.8. The molecule has 7 heteroatoms. The van der Waals surface area contributed by atoms with Crippen LogP contribution in [0.3, 0.4) is 0 Å². The van der Waals surface area contributed by atoms with Crippen molar-refractivity contribution in [2.75, 3.05) is 46.5 Å². The summed E-state index contributed by atoms with van der Waals surface area (Å²) in [6.45, 7) is 8.73. The zero-order valence-electron chi connectivity index (χ0n) is 18.5. The highest BCUT2D eigenvalue weighted by Gasteiger charge is 2.13. The van der Waals surface area contributed by atoms with Crippen molar-refractivity contribution >= 4 is 29.9 Å². The Labute approximate surface area is 203 Å². The van der Waals surface area contributed by atoms with Crippen LogP contribution in [0.1, 0.15) is 29.7 Å². The highest BCUT2D eigenvalue weighted by atomic mass is 127. The van der Waals surface area contributed by atoms with Crippen molar-refractivity contribution in [3.05, 3.63) is 71.3 Å². The molecule has 3 rings (SSSR count). The molecule has 0 aliphatic carbocycles. The highest BCUT2D eigenvalue weighted by molar-refractivity contribution is 14.0. The lowest BCUT2D eigenvalue weighted by molar-refractivity contribution is 0.0341. The van der Waals surface area contributed by atoms with E-state index in [1.807, 2.05) is 18.2 Å². The molecule has 2 aromatic rings. The Balaban J connectivity index is 0.00000341. The lowest BCUT2D eigenvalue weighted by atomic mass is 10.1. The molecule has 1 saturated heterocycles. The van der Waals surface area contributed by atoms with Crippen LogP contribution in [0.15, 0.2) is 59.6 Å². The number of ether oxygens (including phenoxy) is 2. The monoisotopic (exact) mass is 538 g/mol. The first-order chi connectivity index (χ1) is 14.8. The fraction of sp³-hybridized carbons (Fsp3) is 0.458. The third kappa shape index (κ3) is 8.40. The van der Waals surface area contributed by atoms with Gasteiger partial charge in [0.1, 0.15) is 0 Å². The number of methoxy groups -OCH3 is 1. The number of aliphatic imine (C=N–C) groups is 1. The summed E-state index contributed by atoms with van der Waals surface area (Å²) in [5.41, 5.74) is 3.74. The quantitative estimate of drug-likeness (QED) is 0.291. The Morgan fingerprint density at radius 2 is 1.71 bits per heavy atom. The van der Waals surface area contributed by atoms with E-state index in [2.05, 4.69) is 58.9 Å². The second kappa shape index (κ2) is 14.4. The average Bonchev–Trinajstić information content (AvgIpc) is 2.80. The number of morpholine rings is 1. The van der Waals surface area contributed by atoms with E-state index in [-0.39, 0.29) is 30.1 Å². The van der Waals surface area contributed by atoms with Crippen LogP contribution < -0.4 is 10.6 Å². The lowest BCUT2D eigenvalue weighted by Crippen LogP contribution is -2.39. The van der Waals surface area contributed by atoms with Crippen LogP contribution in [0.4, 0.5) is 0 Å². The van der Waals surface area contributed by atoms with Crippen molar-refractivity contribution < 1.29 is 9.47 Å². The molecule has 31 heavy (non-hydrogen) atoms. The van der Waals surface area contributed by atoms with E-state index in [1.54, 1.807) is 7.11 Å².